The van der Waals surface area contributed by atoms with Crippen LogP contribution in [0.4, 0.5) is 8.78 Å². The molecule has 0 bridgehead atoms. The highest BCUT2D eigenvalue weighted by Crippen LogP contribution is 2.27. The molecule has 0 saturated heterocycles. The maximum absolute atomic E-state index is 14.0. The van der Waals surface area contributed by atoms with E-state index in [0.29, 0.717) is 12.1 Å². The molecule has 102 valence electrons. The molecule has 1 atom stereocenters. The number of aryl methyl sites for hydroxylation is 2. The molecule has 0 spiro atoms. The lowest BCUT2D eigenvalue weighted by Crippen LogP contribution is -2.13. The number of imidazole rings is 1. The van der Waals surface area contributed by atoms with Gasteiger partial charge in [0, 0.05) is 18.9 Å². The molecule has 5 heteroatoms. The van der Waals surface area contributed by atoms with Crippen LogP contribution in [0.5, 0.6) is 0 Å². The summed E-state index contributed by atoms with van der Waals surface area (Å²) in [6, 6.07) is 2.50. The van der Waals surface area contributed by atoms with Crippen molar-refractivity contribution >= 4 is 0 Å². The van der Waals surface area contributed by atoms with Crippen molar-refractivity contribution in [1.82, 2.24) is 9.55 Å². The van der Waals surface area contributed by atoms with Gasteiger partial charge in [-0.2, -0.15) is 0 Å². The topological polar surface area (TPSA) is 38.0 Å². The molecule has 0 saturated carbocycles. The van der Waals surface area contributed by atoms with E-state index in [1.807, 2.05) is 6.92 Å². The molecule has 0 aliphatic rings. The van der Waals surface area contributed by atoms with Crippen LogP contribution >= 0.6 is 0 Å². The average molecular weight is 266 g/mol. The molecule has 2 rings (SSSR count). The van der Waals surface area contributed by atoms with E-state index in [2.05, 4.69) is 4.98 Å². The molecule has 1 aromatic carbocycles. The third-order valence-corrected chi connectivity index (χ3v) is 3.05. The van der Waals surface area contributed by atoms with Crippen molar-refractivity contribution in [3.05, 3.63) is 53.1 Å². The average Bonchev–Trinajstić information content (AvgIpc) is 2.83. The van der Waals surface area contributed by atoms with E-state index in [1.165, 1.54) is 19.2 Å². The number of nitrogens with zero attached hydrogens (tertiary/aromatic N) is 2. The summed E-state index contributed by atoms with van der Waals surface area (Å²) in [5, 5.41) is 10.2. The minimum Gasteiger partial charge on any atom is -0.380 e. The highest BCUT2D eigenvalue weighted by atomic mass is 19.1. The Balaban J connectivity index is 2.47. The van der Waals surface area contributed by atoms with Crippen LogP contribution in [0.15, 0.2) is 24.5 Å². The van der Waals surface area contributed by atoms with Gasteiger partial charge in [-0.05, 0) is 25.0 Å². The lowest BCUT2D eigenvalue weighted by atomic mass is 10.0. The highest BCUT2D eigenvalue weighted by Gasteiger charge is 2.24. The second-order valence-corrected chi connectivity index (χ2v) is 4.47. The molecule has 0 fully saturated rings. The standard InChI is InChI=1S/C14H16F2N2O/c1-3-7-18-8-6-17-14(18)13(19)11-10(15)5-4-9(2)12(11)16/h4-6,8,13,19H,3,7H2,1-2H3. The van der Waals surface area contributed by atoms with Crippen LogP contribution in [-0.4, -0.2) is 14.7 Å². The lowest BCUT2D eigenvalue weighted by Gasteiger charge is -2.15. The third-order valence-electron chi connectivity index (χ3n) is 3.05. The van der Waals surface area contributed by atoms with E-state index < -0.39 is 17.7 Å². The number of hydrogen-bond acceptors (Lipinski definition) is 2. The van der Waals surface area contributed by atoms with Crippen molar-refractivity contribution in [2.45, 2.75) is 32.9 Å². The SMILES string of the molecule is CCCn1ccnc1C(O)c1c(F)ccc(C)c1F. The van der Waals surface area contributed by atoms with Gasteiger partial charge in [-0.15, -0.1) is 0 Å². The zero-order chi connectivity index (χ0) is 14.0. The Morgan fingerprint density at radius 3 is 2.79 bits per heavy atom. The Bertz CT molecular complexity index is 581. The number of rotatable bonds is 4. The van der Waals surface area contributed by atoms with E-state index in [-0.39, 0.29) is 11.4 Å². The second-order valence-electron chi connectivity index (χ2n) is 4.47. The summed E-state index contributed by atoms with van der Waals surface area (Å²) < 4.78 is 29.4. The van der Waals surface area contributed by atoms with Gasteiger partial charge in [-0.1, -0.05) is 13.0 Å². The normalized spacial score (nSPS) is 12.7. The first kappa shape index (κ1) is 13.7. The zero-order valence-electron chi connectivity index (χ0n) is 10.9. The Hall–Kier alpha value is -1.75. The first-order valence-electron chi connectivity index (χ1n) is 6.19. The molecule has 1 heterocycles. The summed E-state index contributed by atoms with van der Waals surface area (Å²) in [5.74, 6) is -1.23. The van der Waals surface area contributed by atoms with Crippen LogP contribution < -0.4 is 0 Å². The predicted octanol–water partition coefficient (Wildman–Crippen LogP) is 2.96. The minimum absolute atomic E-state index is 0.255. The molecule has 1 unspecified atom stereocenters. The number of aliphatic hydroxyl groups excluding tert-OH is 1. The second kappa shape index (κ2) is 5.48. The Labute approximate surface area is 110 Å². The Morgan fingerprint density at radius 1 is 1.37 bits per heavy atom. The molecular weight excluding hydrogens is 250 g/mol. The van der Waals surface area contributed by atoms with Crippen LogP contribution in [0.3, 0.4) is 0 Å². The summed E-state index contributed by atoms with van der Waals surface area (Å²) in [6.07, 6.45) is 2.64. The predicted molar refractivity (Wildman–Crippen MR) is 67.7 cm³/mol. The maximum atomic E-state index is 14.0. The largest absolute Gasteiger partial charge is 0.380 e. The van der Waals surface area contributed by atoms with E-state index in [1.54, 1.807) is 10.8 Å². The first-order chi connectivity index (χ1) is 9.06. The van der Waals surface area contributed by atoms with Crippen LogP contribution in [0.2, 0.25) is 0 Å². The lowest BCUT2D eigenvalue weighted by molar-refractivity contribution is 0.193. The Kier molecular flexibility index (Phi) is 3.95. The molecule has 3 nitrogen and oxygen atoms in total. The van der Waals surface area contributed by atoms with Gasteiger partial charge in [0.2, 0.25) is 0 Å². The molecule has 1 aromatic heterocycles. The van der Waals surface area contributed by atoms with Gasteiger partial charge in [0.1, 0.15) is 23.6 Å². The van der Waals surface area contributed by atoms with Crippen molar-refractivity contribution in [1.29, 1.82) is 0 Å². The van der Waals surface area contributed by atoms with Gasteiger partial charge in [0.15, 0.2) is 0 Å². The fourth-order valence-corrected chi connectivity index (χ4v) is 2.06. The summed E-state index contributed by atoms with van der Waals surface area (Å²) in [6.45, 7) is 4.15. The van der Waals surface area contributed by atoms with Gasteiger partial charge in [0.05, 0.1) is 5.56 Å². The molecule has 0 radical (unpaired) electrons. The highest BCUT2D eigenvalue weighted by molar-refractivity contribution is 5.31. The van der Waals surface area contributed by atoms with E-state index in [4.69, 9.17) is 0 Å². The van der Waals surface area contributed by atoms with Crippen LogP contribution in [0.25, 0.3) is 0 Å². The van der Waals surface area contributed by atoms with E-state index in [9.17, 15) is 13.9 Å². The van der Waals surface area contributed by atoms with Gasteiger partial charge in [-0.25, -0.2) is 13.8 Å². The quantitative estimate of drug-likeness (QED) is 0.924. The van der Waals surface area contributed by atoms with Gasteiger partial charge >= 0.3 is 0 Å². The molecule has 0 aliphatic carbocycles. The number of aromatic nitrogens is 2. The fraction of sp³-hybridized carbons (Fsp3) is 0.357. The number of benzene rings is 1. The number of aliphatic hydroxyl groups is 1. The molecule has 1 N–H and O–H groups in total. The van der Waals surface area contributed by atoms with Gasteiger partial charge in [0.25, 0.3) is 0 Å². The van der Waals surface area contributed by atoms with Crippen molar-refractivity contribution in [3.8, 4) is 0 Å². The van der Waals surface area contributed by atoms with Crippen molar-refractivity contribution < 1.29 is 13.9 Å². The first-order valence-corrected chi connectivity index (χ1v) is 6.19. The zero-order valence-corrected chi connectivity index (χ0v) is 10.9. The van der Waals surface area contributed by atoms with E-state index >= 15 is 0 Å². The summed E-state index contributed by atoms with van der Waals surface area (Å²) in [5.41, 5.74) is -0.0485. The van der Waals surface area contributed by atoms with Gasteiger partial charge in [-0.3, -0.25) is 0 Å². The molecule has 19 heavy (non-hydrogen) atoms. The van der Waals surface area contributed by atoms with E-state index in [0.717, 1.165) is 12.5 Å². The van der Waals surface area contributed by atoms with Gasteiger partial charge < -0.3 is 9.67 Å². The van der Waals surface area contributed by atoms with Crippen LogP contribution in [0, 0.1) is 18.6 Å². The van der Waals surface area contributed by atoms with Crippen LogP contribution in [-0.2, 0) is 6.54 Å². The smallest absolute Gasteiger partial charge is 0.142 e. The van der Waals surface area contributed by atoms with Crippen molar-refractivity contribution in [2.24, 2.45) is 0 Å². The third kappa shape index (κ3) is 2.51. The molecule has 0 amide bonds. The van der Waals surface area contributed by atoms with Crippen LogP contribution in [0.1, 0.15) is 36.4 Å². The van der Waals surface area contributed by atoms with Crippen molar-refractivity contribution in [2.75, 3.05) is 0 Å². The fourth-order valence-electron chi connectivity index (χ4n) is 2.06. The molecule has 0 aliphatic heterocycles. The monoisotopic (exact) mass is 266 g/mol. The summed E-state index contributed by atoms with van der Waals surface area (Å²) >= 11 is 0. The maximum Gasteiger partial charge on any atom is 0.142 e. The minimum atomic E-state index is -1.40. The number of hydrogen-bond donors (Lipinski definition) is 1. The Morgan fingerprint density at radius 2 is 2.11 bits per heavy atom. The molecular formula is C14H16F2N2O. The summed E-state index contributed by atoms with van der Waals surface area (Å²) in [4.78, 5) is 4.00. The van der Waals surface area contributed by atoms with Crippen molar-refractivity contribution in [3.63, 3.8) is 0 Å². The number of halogens is 2. The summed E-state index contributed by atoms with van der Waals surface area (Å²) in [7, 11) is 0. The molecule has 2 aromatic rings.